The fourth-order valence-electron chi connectivity index (χ4n) is 2.48. The lowest BCUT2D eigenvalue weighted by Crippen LogP contribution is -2.26. The molecule has 3 unspecified atom stereocenters. The monoisotopic (exact) mass is 164 g/mol. The van der Waals surface area contributed by atoms with E-state index in [1.54, 1.807) is 0 Å². The van der Waals surface area contributed by atoms with E-state index < -0.39 is 0 Å². The van der Waals surface area contributed by atoms with Crippen LogP contribution in [0.3, 0.4) is 0 Å². The number of aromatic nitrogens is 1. The summed E-state index contributed by atoms with van der Waals surface area (Å²) in [6.45, 7) is 4.39. The highest BCUT2D eigenvalue weighted by Gasteiger charge is 2.32. The second-order valence-electron chi connectivity index (χ2n) is 4.00. The van der Waals surface area contributed by atoms with Gasteiger partial charge >= 0.3 is 0 Å². The maximum Gasteiger partial charge on any atom is 0.00826 e. The summed E-state index contributed by atoms with van der Waals surface area (Å²) in [4.78, 5) is 3.15. The zero-order chi connectivity index (χ0) is 8.72. The average molecular weight is 164 g/mol. The van der Waals surface area contributed by atoms with E-state index in [0.29, 0.717) is 11.8 Å². The molecule has 0 spiro atoms. The molecule has 0 aromatic carbocycles. The number of H-pyrrole nitrogens is 1. The fourth-order valence-corrected chi connectivity index (χ4v) is 2.48. The van der Waals surface area contributed by atoms with E-state index in [9.17, 15) is 0 Å². The summed E-state index contributed by atoms with van der Waals surface area (Å²) >= 11 is 0. The minimum absolute atomic E-state index is 0.275. The summed E-state index contributed by atoms with van der Waals surface area (Å²) in [5.41, 5.74) is 8.85. The molecule has 2 nitrogen and oxygen atoms in total. The SMILES string of the molecule is CC(N)C1c2c[nH]cc2CC1C. The van der Waals surface area contributed by atoms with Crippen LogP contribution in [0.15, 0.2) is 12.4 Å². The van der Waals surface area contributed by atoms with Gasteiger partial charge in [0.15, 0.2) is 0 Å². The van der Waals surface area contributed by atoms with Crippen molar-refractivity contribution in [1.29, 1.82) is 0 Å². The van der Waals surface area contributed by atoms with Gasteiger partial charge in [-0.05, 0) is 30.4 Å². The third-order valence-corrected chi connectivity index (χ3v) is 2.95. The quantitative estimate of drug-likeness (QED) is 0.651. The summed E-state index contributed by atoms with van der Waals surface area (Å²) in [5, 5.41) is 0. The average Bonchev–Trinajstić information content (AvgIpc) is 2.44. The summed E-state index contributed by atoms with van der Waals surface area (Å²) in [6, 6.07) is 0.275. The first kappa shape index (κ1) is 7.87. The van der Waals surface area contributed by atoms with Gasteiger partial charge in [-0.2, -0.15) is 0 Å². The van der Waals surface area contributed by atoms with Gasteiger partial charge in [-0.1, -0.05) is 6.92 Å². The van der Waals surface area contributed by atoms with Gasteiger partial charge in [0.1, 0.15) is 0 Å². The molecule has 0 saturated heterocycles. The highest BCUT2D eigenvalue weighted by atomic mass is 14.7. The summed E-state index contributed by atoms with van der Waals surface area (Å²) in [7, 11) is 0. The molecule has 1 aliphatic carbocycles. The molecule has 0 aliphatic heterocycles. The Labute approximate surface area is 73.2 Å². The molecule has 12 heavy (non-hydrogen) atoms. The van der Waals surface area contributed by atoms with E-state index in [1.165, 1.54) is 17.5 Å². The number of aromatic amines is 1. The van der Waals surface area contributed by atoms with Gasteiger partial charge in [0, 0.05) is 24.4 Å². The first-order valence-electron chi connectivity index (χ1n) is 4.61. The van der Waals surface area contributed by atoms with Crippen molar-refractivity contribution in [1.82, 2.24) is 4.98 Å². The lowest BCUT2D eigenvalue weighted by atomic mass is 9.89. The summed E-state index contributed by atoms with van der Waals surface area (Å²) < 4.78 is 0. The number of nitrogens with one attached hydrogen (secondary N) is 1. The maximum absolute atomic E-state index is 5.95. The maximum atomic E-state index is 5.95. The van der Waals surface area contributed by atoms with Crippen molar-refractivity contribution >= 4 is 0 Å². The van der Waals surface area contributed by atoms with Crippen LogP contribution in [0, 0.1) is 5.92 Å². The van der Waals surface area contributed by atoms with Gasteiger partial charge in [0.2, 0.25) is 0 Å². The van der Waals surface area contributed by atoms with Crippen LogP contribution < -0.4 is 5.73 Å². The Morgan fingerprint density at radius 3 is 3.00 bits per heavy atom. The first-order valence-corrected chi connectivity index (χ1v) is 4.61. The van der Waals surface area contributed by atoms with Crippen molar-refractivity contribution in [3.8, 4) is 0 Å². The number of nitrogens with two attached hydrogens (primary N) is 1. The van der Waals surface area contributed by atoms with Crippen molar-refractivity contribution in [2.75, 3.05) is 0 Å². The largest absolute Gasteiger partial charge is 0.367 e. The molecule has 0 amide bonds. The van der Waals surface area contributed by atoms with Crippen LogP contribution in [0.2, 0.25) is 0 Å². The number of hydrogen-bond acceptors (Lipinski definition) is 1. The molecule has 1 aromatic heterocycles. The van der Waals surface area contributed by atoms with Crippen LogP contribution in [-0.2, 0) is 6.42 Å². The molecule has 1 aliphatic rings. The molecular formula is C10H16N2. The second-order valence-corrected chi connectivity index (χ2v) is 4.00. The van der Waals surface area contributed by atoms with Crippen LogP contribution in [0.5, 0.6) is 0 Å². The topological polar surface area (TPSA) is 41.8 Å². The second kappa shape index (κ2) is 2.63. The van der Waals surface area contributed by atoms with Crippen molar-refractivity contribution in [3.05, 3.63) is 23.5 Å². The van der Waals surface area contributed by atoms with Crippen molar-refractivity contribution in [2.24, 2.45) is 11.7 Å². The Balaban J connectivity index is 2.35. The van der Waals surface area contributed by atoms with Crippen LogP contribution in [0.25, 0.3) is 0 Å². The molecule has 1 aromatic rings. The molecule has 0 saturated carbocycles. The molecular weight excluding hydrogens is 148 g/mol. The Hall–Kier alpha value is -0.760. The lowest BCUT2D eigenvalue weighted by molar-refractivity contribution is 0.438. The van der Waals surface area contributed by atoms with Crippen LogP contribution in [0.4, 0.5) is 0 Å². The number of hydrogen-bond donors (Lipinski definition) is 2. The molecule has 0 bridgehead atoms. The van der Waals surface area contributed by atoms with Crippen molar-refractivity contribution in [3.63, 3.8) is 0 Å². The smallest absolute Gasteiger partial charge is 0.00826 e. The first-order chi connectivity index (χ1) is 5.70. The van der Waals surface area contributed by atoms with E-state index >= 15 is 0 Å². The van der Waals surface area contributed by atoms with Gasteiger partial charge in [0.25, 0.3) is 0 Å². The molecule has 2 rings (SSSR count). The molecule has 2 heteroatoms. The zero-order valence-corrected chi connectivity index (χ0v) is 7.67. The van der Waals surface area contributed by atoms with Gasteiger partial charge < -0.3 is 10.7 Å². The van der Waals surface area contributed by atoms with E-state index in [2.05, 4.69) is 31.2 Å². The third kappa shape index (κ3) is 0.985. The fraction of sp³-hybridized carbons (Fsp3) is 0.600. The van der Waals surface area contributed by atoms with Crippen molar-refractivity contribution in [2.45, 2.75) is 32.2 Å². The lowest BCUT2D eigenvalue weighted by Gasteiger charge is -2.19. The Morgan fingerprint density at radius 2 is 2.33 bits per heavy atom. The number of rotatable bonds is 1. The molecule has 0 radical (unpaired) electrons. The van der Waals surface area contributed by atoms with E-state index in [0.717, 1.165) is 0 Å². The normalized spacial score (nSPS) is 30.2. The standard InChI is InChI=1S/C10H16N2/c1-6-3-8-4-12-5-9(8)10(6)7(2)11/h4-7,10,12H,3,11H2,1-2H3. The van der Waals surface area contributed by atoms with Gasteiger partial charge in [-0.3, -0.25) is 0 Å². The highest BCUT2D eigenvalue weighted by molar-refractivity contribution is 5.34. The van der Waals surface area contributed by atoms with Gasteiger partial charge in [0.05, 0.1) is 0 Å². The van der Waals surface area contributed by atoms with Gasteiger partial charge in [-0.15, -0.1) is 0 Å². The Kier molecular flexibility index (Phi) is 1.72. The van der Waals surface area contributed by atoms with Crippen molar-refractivity contribution < 1.29 is 0 Å². The van der Waals surface area contributed by atoms with Gasteiger partial charge in [-0.25, -0.2) is 0 Å². The number of fused-ring (bicyclic) bond motifs is 1. The minimum atomic E-state index is 0.275. The highest BCUT2D eigenvalue weighted by Crippen LogP contribution is 2.38. The molecule has 3 N–H and O–H groups in total. The van der Waals surface area contributed by atoms with E-state index in [-0.39, 0.29) is 6.04 Å². The minimum Gasteiger partial charge on any atom is -0.367 e. The molecule has 3 atom stereocenters. The summed E-state index contributed by atoms with van der Waals surface area (Å²) in [6.07, 6.45) is 5.39. The third-order valence-electron chi connectivity index (χ3n) is 2.95. The van der Waals surface area contributed by atoms with Crippen LogP contribution >= 0.6 is 0 Å². The van der Waals surface area contributed by atoms with Crippen LogP contribution in [-0.4, -0.2) is 11.0 Å². The molecule has 66 valence electrons. The molecule has 1 heterocycles. The van der Waals surface area contributed by atoms with E-state index in [1.807, 2.05) is 0 Å². The summed E-state index contributed by atoms with van der Waals surface area (Å²) in [5.74, 6) is 1.27. The Morgan fingerprint density at radius 1 is 1.58 bits per heavy atom. The predicted octanol–water partition coefficient (Wildman–Crippen LogP) is 1.64. The zero-order valence-electron chi connectivity index (χ0n) is 7.67. The van der Waals surface area contributed by atoms with E-state index in [4.69, 9.17) is 5.73 Å². The van der Waals surface area contributed by atoms with Crippen LogP contribution in [0.1, 0.15) is 30.9 Å². The predicted molar refractivity (Wildman–Crippen MR) is 50.1 cm³/mol. The molecule has 0 fully saturated rings. The Bertz CT molecular complexity index is 275.